The Kier molecular flexibility index (Phi) is 4.17. The van der Waals surface area contributed by atoms with E-state index in [0.29, 0.717) is 6.61 Å². The van der Waals surface area contributed by atoms with Crippen molar-refractivity contribution in [2.45, 2.75) is 30.7 Å². The van der Waals surface area contributed by atoms with Crippen LogP contribution in [0.25, 0.3) is 0 Å². The molecular weight excluding hydrogens is 434 g/mol. The van der Waals surface area contributed by atoms with Crippen molar-refractivity contribution < 1.29 is 9.53 Å². The van der Waals surface area contributed by atoms with Gasteiger partial charge in [0.15, 0.2) is 0 Å². The van der Waals surface area contributed by atoms with E-state index < -0.39 is 0 Å². The Hall–Kier alpha value is -1.33. The topological polar surface area (TPSA) is 38.3 Å². The molecule has 24 heavy (non-hydrogen) atoms. The van der Waals surface area contributed by atoms with Crippen LogP contribution in [-0.4, -0.2) is 12.5 Å². The normalized spacial score (nSPS) is 20.7. The van der Waals surface area contributed by atoms with Crippen LogP contribution in [0.15, 0.2) is 51.4 Å². The minimum Gasteiger partial charge on any atom is -0.493 e. The fourth-order valence-corrected chi connectivity index (χ4v) is 4.00. The van der Waals surface area contributed by atoms with Gasteiger partial charge in [0.1, 0.15) is 5.75 Å². The number of benzene rings is 2. The monoisotopic (exact) mass is 449 g/mol. The van der Waals surface area contributed by atoms with Gasteiger partial charge in [0.2, 0.25) is 5.91 Å². The van der Waals surface area contributed by atoms with Crippen molar-refractivity contribution in [3.63, 3.8) is 0 Å². The third-order valence-electron chi connectivity index (χ3n) is 4.90. The van der Waals surface area contributed by atoms with Crippen LogP contribution in [0.1, 0.15) is 36.4 Å². The van der Waals surface area contributed by atoms with Crippen LogP contribution < -0.4 is 10.1 Å². The van der Waals surface area contributed by atoms with Crippen LogP contribution in [0.4, 0.5) is 0 Å². The highest BCUT2D eigenvalue weighted by atomic mass is 79.9. The van der Waals surface area contributed by atoms with Gasteiger partial charge in [-0.1, -0.05) is 44.0 Å². The molecule has 1 aliphatic carbocycles. The maximum atomic E-state index is 13.0. The molecule has 0 spiro atoms. The number of hydrogen-bond donors (Lipinski definition) is 1. The van der Waals surface area contributed by atoms with Gasteiger partial charge >= 0.3 is 0 Å². The van der Waals surface area contributed by atoms with E-state index in [1.807, 2.05) is 42.5 Å². The van der Waals surface area contributed by atoms with Gasteiger partial charge < -0.3 is 10.1 Å². The van der Waals surface area contributed by atoms with Crippen molar-refractivity contribution in [3.05, 3.63) is 62.5 Å². The lowest BCUT2D eigenvalue weighted by atomic mass is 9.93. The molecular formula is C19H17Br2NO2. The predicted molar refractivity (Wildman–Crippen MR) is 100 cm³/mol. The van der Waals surface area contributed by atoms with Gasteiger partial charge in [0, 0.05) is 20.9 Å². The van der Waals surface area contributed by atoms with Crippen LogP contribution in [0.3, 0.4) is 0 Å². The number of ether oxygens (including phenoxy) is 1. The number of nitrogens with one attached hydrogen (secondary N) is 1. The summed E-state index contributed by atoms with van der Waals surface area (Å²) in [5.41, 5.74) is 1.80. The summed E-state index contributed by atoms with van der Waals surface area (Å²) in [5.74, 6) is 0.992. The summed E-state index contributed by atoms with van der Waals surface area (Å²) in [4.78, 5) is 13.0. The number of carbonyl (C=O) groups excluding carboxylic acids is 1. The quantitative estimate of drug-likeness (QED) is 0.723. The molecule has 2 aromatic carbocycles. The summed E-state index contributed by atoms with van der Waals surface area (Å²) < 4.78 is 7.75. The molecule has 1 amide bonds. The van der Waals surface area contributed by atoms with E-state index in [0.717, 1.165) is 45.1 Å². The molecule has 1 atom stereocenters. The zero-order valence-corrected chi connectivity index (χ0v) is 16.2. The van der Waals surface area contributed by atoms with E-state index in [-0.39, 0.29) is 17.4 Å². The second kappa shape index (κ2) is 6.19. The Bertz CT molecular complexity index is 784. The van der Waals surface area contributed by atoms with E-state index in [1.165, 1.54) is 0 Å². The summed E-state index contributed by atoms with van der Waals surface area (Å²) in [6.45, 7) is 0.630. The lowest BCUT2D eigenvalue weighted by Gasteiger charge is -2.28. The molecule has 0 bridgehead atoms. The van der Waals surface area contributed by atoms with Gasteiger partial charge in [0.25, 0.3) is 0 Å². The lowest BCUT2D eigenvalue weighted by molar-refractivity contribution is -0.124. The molecule has 0 saturated heterocycles. The minimum atomic E-state index is -0.356. The molecule has 1 saturated carbocycles. The first-order valence-corrected chi connectivity index (χ1v) is 9.66. The maximum Gasteiger partial charge on any atom is 0.231 e. The highest BCUT2D eigenvalue weighted by Gasteiger charge is 2.51. The molecule has 2 aliphatic rings. The molecule has 1 unspecified atom stereocenters. The van der Waals surface area contributed by atoms with Gasteiger partial charge in [-0.3, -0.25) is 4.79 Å². The van der Waals surface area contributed by atoms with E-state index in [4.69, 9.17) is 4.74 Å². The smallest absolute Gasteiger partial charge is 0.231 e. The number of halogens is 2. The Morgan fingerprint density at radius 2 is 1.79 bits per heavy atom. The molecule has 2 aromatic rings. The first-order chi connectivity index (χ1) is 11.6. The second-order valence-electron chi connectivity index (χ2n) is 6.43. The number of rotatable bonds is 3. The number of amides is 1. The summed E-state index contributed by atoms with van der Waals surface area (Å²) in [7, 11) is 0. The molecule has 1 heterocycles. The average molecular weight is 451 g/mol. The lowest BCUT2D eigenvalue weighted by Crippen LogP contribution is -2.39. The fraction of sp³-hybridized carbons (Fsp3) is 0.316. The third-order valence-corrected chi connectivity index (χ3v) is 5.92. The zero-order valence-electron chi connectivity index (χ0n) is 13.0. The summed E-state index contributed by atoms with van der Waals surface area (Å²) in [5, 5.41) is 3.27. The van der Waals surface area contributed by atoms with E-state index in [2.05, 4.69) is 37.2 Å². The third kappa shape index (κ3) is 2.88. The Labute approximate surface area is 158 Å². The molecule has 4 rings (SSSR count). The summed E-state index contributed by atoms with van der Waals surface area (Å²) in [6.07, 6.45) is 2.62. The van der Waals surface area contributed by atoms with Crippen LogP contribution in [-0.2, 0) is 10.2 Å². The molecule has 0 radical (unpaired) electrons. The van der Waals surface area contributed by atoms with Gasteiger partial charge in [-0.15, -0.1) is 0 Å². The second-order valence-corrected chi connectivity index (χ2v) is 8.27. The van der Waals surface area contributed by atoms with Crippen molar-refractivity contribution in [3.8, 4) is 5.75 Å². The van der Waals surface area contributed by atoms with Gasteiger partial charge in [-0.2, -0.15) is 0 Å². The van der Waals surface area contributed by atoms with Crippen LogP contribution in [0.2, 0.25) is 0 Å². The Morgan fingerprint density at radius 3 is 2.50 bits per heavy atom. The average Bonchev–Trinajstić information content (AvgIpc) is 3.38. The van der Waals surface area contributed by atoms with Crippen molar-refractivity contribution >= 4 is 37.8 Å². The number of hydrogen-bond acceptors (Lipinski definition) is 2. The fourth-order valence-electron chi connectivity index (χ4n) is 3.35. The van der Waals surface area contributed by atoms with Crippen LogP contribution in [0.5, 0.6) is 5.75 Å². The standard InChI is InChI=1S/C19H17Br2NO2/c20-13-3-1-12(2-4-13)19(8-9-19)18(23)22-16-7-10-24-17-6-5-14(21)11-15(16)17/h1-6,11,16H,7-10H2,(H,22,23). The highest BCUT2D eigenvalue weighted by Crippen LogP contribution is 2.49. The van der Waals surface area contributed by atoms with Crippen LogP contribution >= 0.6 is 31.9 Å². The van der Waals surface area contributed by atoms with E-state index in [9.17, 15) is 4.79 Å². The Morgan fingerprint density at radius 1 is 1.08 bits per heavy atom. The number of fused-ring (bicyclic) bond motifs is 1. The first kappa shape index (κ1) is 16.2. The molecule has 1 N–H and O–H groups in total. The molecule has 124 valence electrons. The largest absolute Gasteiger partial charge is 0.493 e. The maximum absolute atomic E-state index is 13.0. The van der Waals surface area contributed by atoms with Crippen molar-refractivity contribution in [2.24, 2.45) is 0 Å². The summed E-state index contributed by atoms with van der Waals surface area (Å²) >= 11 is 6.96. The van der Waals surface area contributed by atoms with Gasteiger partial charge in [0.05, 0.1) is 18.1 Å². The Balaban J connectivity index is 1.57. The van der Waals surface area contributed by atoms with Crippen molar-refractivity contribution in [1.82, 2.24) is 5.32 Å². The van der Waals surface area contributed by atoms with E-state index in [1.54, 1.807) is 0 Å². The molecule has 5 heteroatoms. The van der Waals surface area contributed by atoms with Crippen molar-refractivity contribution in [2.75, 3.05) is 6.61 Å². The van der Waals surface area contributed by atoms with Gasteiger partial charge in [-0.25, -0.2) is 0 Å². The summed E-state index contributed by atoms with van der Waals surface area (Å²) in [6, 6.07) is 14.1. The SMILES string of the molecule is O=C(NC1CCOc2ccc(Br)cc21)C1(c2ccc(Br)cc2)CC1. The van der Waals surface area contributed by atoms with Crippen LogP contribution in [0, 0.1) is 0 Å². The van der Waals surface area contributed by atoms with Crippen molar-refractivity contribution in [1.29, 1.82) is 0 Å². The predicted octanol–water partition coefficient (Wildman–Crippen LogP) is 4.88. The molecule has 1 aliphatic heterocycles. The van der Waals surface area contributed by atoms with E-state index >= 15 is 0 Å². The number of carbonyl (C=O) groups is 1. The van der Waals surface area contributed by atoms with Gasteiger partial charge in [-0.05, 0) is 48.7 Å². The molecule has 1 fully saturated rings. The zero-order chi connectivity index (χ0) is 16.7. The molecule has 3 nitrogen and oxygen atoms in total. The minimum absolute atomic E-state index is 0.00618. The first-order valence-electron chi connectivity index (χ1n) is 8.08. The molecule has 0 aromatic heterocycles. The highest BCUT2D eigenvalue weighted by molar-refractivity contribution is 9.10.